The predicted molar refractivity (Wildman–Crippen MR) is 85.3 cm³/mol. The van der Waals surface area contributed by atoms with E-state index in [0.29, 0.717) is 0 Å². The van der Waals surface area contributed by atoms with Gasteiger partial charge in [0, 0.05) is 11.2 Å². The molecule has 0 bridgehead atoms. The fraction of sp³-hybridized carbons (Fsp3) is 0.235. The van der Waals surface area contributed by atoms with Gasteiger partial charge in [-0.25, -0.2) is 4.98 Å². The van der Waals surface area contributed by atoms with Crippen molar-refractivity contribution in [3.63, 3.8) is 0 Å². The number of oxazole rings is 1. The van der Waals surface area contributed by atoms with E-state index in [1.165, 1.54) is 16.7 Å². The van der Waals surface area contributed by atoms with Gasteiger partial charge in [0.25, 0.3) is 0 Å². The van der Waals surface area contributed by atoms with E-state index < -0.39 is 0 Å². The van der Waals surface area contributed by atoms with Crippen LogP contribution in [0.2, 0.25) is 0 Å². The van der Waals surface area contributed by atoms with Gasteiger partial charge in [0.1, 0.15) is 5.52 Å². The normalized spacial score (nSPS) is 12.8. The first-order valence-corrected chi connectivity index (χ1v) is 7.61. The maximum Gasteiger partial charge on any atom is 0.196 e. The summed E-state index contributed by atoms with van der Waals surface area (Å²) in [7, 11) is 0. The van der Waals surface area contributed by atoms with Crippen LogP contribution in [-0.4, -0.2) is 4.98 Å². The van der Waals surface area contributed by atoms with E-state index in [1.54, 1.807) is 0 Å². The van der Waals surface area contributed by atoms with Crippen molar-refractivity contribution in [3.8, 4) is 0 Å². The molecule has 3 rings (SSSR count). The number of para-hydroxylation sites is 2. The summed E-state index contributed by atoms with van der Waals surface area (Å²) in [6.45, 7) is 4.28. The summed E-state index contributed by atoms with van der Waals surface area (Å²) in [5.74, 6) is 0.774. The third kappa shape index (κ3) is 2.50. The number of aromatic nitrogens is 1. The highest BCUT2D eigenvalue weighted by Gasteiger charge is 2.16. The summed E-state index contributed by atoms with van der Waals surface area (Å²) in [5.41, 5.74) is 5.69. The molecule has 20 heavy (non-hydrogen) atoms. The minimum absolute atomic E-state index is 0.219. The first kappa shape index (κ1) is 13.4. The predicted octanol–water partition coefficient (Wildman–Crippen LogP) is 5.12. The van der Waals surface area contributed by atoms with Crippen molar-refractivity contribution in [3.05, 3.63) is 65.0 Å². The fourth-order valence-electron chi connectivity index (χ4n) is 2.58. The molecule has 0 amide bonds. The zero-order chi connectivity index (χ0) is 14.1. The summed E-state index contributed by atoms with van der Waals surface area (Å²) in [5, 5.41) is 0. The zero-order valence-corrected chi connectivity index (χ0v) is 13.1. The van der Waals surface area contributed by atoms with Crippen molar-refractivity contribution in [2.24, 2.45) is 0 Å². The van der Waals surface area contributed by atoms with Crippen LogP contribution in [0.3, 0.4) is 0 Å². The standard InChI is InChI=1S/C17H16BrNO/c1-11-6-5-7-12(2)17(11)13(18)10-16-19-14-8-3-4-9-15(14)20-16/h3-9,13H,10H2,1-2H3. The van der Waals surface area contributed by atoms with Gasteiger partial charge in [-0.3, -0.25) is 0 Å². The number of hydrogen-bond donors (Lipinski definition) is 0. The molecule has 0 N–H and O–H groups in total. The second kappa shape index (κ2) is 5.41. The van der Waals surface area contributed by atoms with Crippen LogP contribution in [0.4, 0.5) is 0 Å². The molecule has 1 atom stereocenters. The minimum Gasteiger partial charge on any atom is -0.441 e. The van der Waals surface area contributed by atoms with Crippen molar-refractivity contribution in [1.29, 1.82) is 0 Å². The van der Waals surface area contributed by atoms with Crippen LogP contribution in [0.15, 0.2) is 46.9 Å². The number of hydrogen-bond acceptors (Lipinski definition) is 2. The van der Waals surface area contributed by atoms with Gasteiger partial charge < -0.3 is 4.42 Å². The molecule has 2 nitrogen and oxygen atoms in total. The van der Waals surface area contributed by atoms with Crippen LogP contribution in [0.5, 0.6) is 0 Å². The van der Waals surface area contributed by atoms with Gasteiger partial charge in [0.05, 0.1) is 0 Å². The highest BCUT2D eigenvalue weighted by atomic mass is 79.9. The molecule has 0 saturated heterocycles. The number of nitrogens with zero attached hydrogens (tertiary/aromatic N) is 1. The monoisotopic (exact) mass is 329 g/mol. The van der Waals surface area contributed by atoms with E-state index in [4.69, 9.17) is 4.42 Å². The van der Waals surface area contributed by atoms with Gasteiger partial charge in [0.15, 0.2) is 11.5 Å². The Morgan fingerprint density at radius 2 is 1.75 bits per heavy atom. The topological polar surface area (TPSA) is 26.0 Å². The molecule has 0 aliphatic heterocycles. The third-order valence-corrected chi connectivity index (χ3v) is 4.33. The zero-order valence-electron chi connectivity index (χ0n) is 11.6. The molecular weight excluding hydrogens is 314 g/mol. The Morgan fingerprint density at radius 3 is 2.45 bits per heavy atom. The Bertz CT molecular complexity index is 694. The molecule has 2 aromatic carbocycles. The van der Waals surface area contributed by atoms with Gasteiger partial charge in [-0.2, -0.15) is 0 Å². The lowest BCUT2D eigenvalue weighted by atomic mass is 9.98. The number of benzene rings is 2. The number of rotatable bonds is 3. The molecular formula is C17H16BrNO. The first-order chi connectivity index (χ1) is 9.65. The molecule has 0 spiro atoms. The average Bonchev–Trinajstić information content (AvgIpc) is 2.80. The summed E-state index contributed by atoms with van der Waals surface area (Å²) < 4.78 is 5.80. The highest BCUT2D eigenvalue weighted by molar-refractivity contribution is 9.09. The van der Waals surface area contributed by atoms with E-state index in [1.807, 2.05) is 24.3 Å². The van der Waals surface area contributed by atoms with Gasteiger partial charge in [-0.15, -0.1) is 0 Å². The second-order valence-corrected chi connectivity index (χ2v) is 6.16. The highest BCUT2D eigenvalue weighted by Crippen LogP contribution is 2.32. The Hall–Kier alpha value is -1.61. The fourth-order valence-corrected chi connectivity index (χ4v) is 3.58. The molecule has 1 heterocycles. The van der Waals surface area contributed by atoms with E-state index in [0.717, 1.165) is 23.4 Å². The average molecular weight is 330 g/mol. The lowest BCUT2D eigenvalue weighted by Crippen LogP contribution is -2.00. The number of fused-ring (bicyclic) bond motifs is 1. The molecule has 0 aliphatic rings. The quantitative estimate of drug-likeness (QED) is 0.623. The molecule has 1 unspecified atom stereocenters. The van der Waals surface area contributed by atoms with Crippen molar-refractivity contribution in [2.45, 2.75) is 25.1 Å². The van der Waals surface area contributed by atoms with E-state index in [2.05, 4.69) is 53.0 Å². The molecule has 3 heteroatoms. The number of alkyl halides is 1. The summed E-state index contributed by atoms with van der Waals surface area (Å²) >= 11 is 3.78. The maximum absolute atomic E-state index is 5.80. The van der Waals surface area contributed by atoms with Crippen molar-refractivity contribution >= 4 is 27.0 Å². The molecule has 0 fully saturated rings. The van der Waals surface area contributed by atoms with Crippen LogP contribution in [0.1, 0.15) is 27.4 Å². The summed E-state index contributed by atoms with van der Waals surface area (Å²) in [6.07, 6.45) is 0.750. The lowest BCUT2D eigenvalue weighted by Gasteiger charge is -2.14. The Kier molecular flexibility index (Phi) is 3.62. The van der Waals surface area contributed by atoms with E-state index in [-0.39, 0.29) is 4.83 Å². The Labute approximate surface area is 127 Å². The Balaban J connectivity index is 1.90. The molecule has 1 aromatic heterocycles. The first-order valence-electron chi connectivity index (χ1n) is 6.70. The number of aryl methyl sites for hydroxylation is 2. The van der Waals surface area contributed by atoms with Crippen LogP contribution in [-0.2, 0) is 6.42 Å². The van der Waals surface area contributed by atoms with E-state index in [9.17, 15) is 0 Å². The molecule has 0 aliphatic carbocycles. The molecule has 102 valence electrons. The van der Waals surface area contributed by atoms with Crippen molar-refractivity contribution in [1.82, 2.24) is 4.98 Å². The smallest absolute Gasteiger partial charge is 0.196 e. The largest absolute Gasteiger partial charge is 0.441 e. The van der Waals surface area contributed by atoms with Crippen LogP contribution < -0.4 is 0 Å². The van der Waals surface area contributed by atoms with E-state index >= 15 is 0 Å². The van der Waals surface area contributed by atoms with Gasteiger partial charge >= 0.3 is 0 Å². The van der Waals surface area contributed by atoms with Crippen LogP contribution >= 0.6 is 15.9 Å². The van der Waals surface area contributed by atoms with Gasteiger partial charge in [-0.05, 0) is 42.7 Å². The lowest BCUT2D eigenvalue weighted by molar-refractivity contribution is 0.527. The Morgan fingerprint density at radius 1 is 1.05 bits per heavy atom. The van der Waals surface area contributed by atoms with Gasteiger partial charge in [0.2, 0.25) is 0 Å². The SMILES string of the molecule is Cc1cccc(C)c1C(Br)Cc1nc2ccccc2o1. The molecule has 3 aromatic rings. The van der Waals surface area contributed by atoms with Crippen LogP contribution in [0.25, 0.3) is 11.1 Å². The van der Waals surface area contributed by atoms with Gasteiger partial charge in [-0.1, -0.05) is 46.3 Å². The third-order valence-electron chi connectivity index (χ3n) is 3.55. The number of halogens is 1. The summed E-state index contributed by atoms with van der Waals surface area (Å²) in [6, 6.07) is 14.2. The summed E-state index contributed by atoms with van der Waals surface area (Å²) in [4.78, 5) is 4.76. The van der Waals surface area contributed by atoms with Crippen molar-refractivity contribution < 1.29 is 4.42 Å². The second-order valence-electron chi connectivity index (χ2n) is 5.05. The molecule has 0 saturated carbocycles. The minimum atomic E-state index is 0.219. The maximum atomic E-state index is 5.80. The molecule has 0 radical (unpaired) electrons. The van der Waals surface area contributed by atoms with Crippen molar-refractivity contribution in [2.75, 3.05) is 0 Å². The van der Waals surface area contributed by atoms with Crippen LogP contribution in [0, 0.1) is 13.8 Å².